The summed E-state index contributed by atoms with van der Waals surface area (Å²) in [6, 6.07) is 3.15. The van der Waals surface area contributed by atoms with Gasteiger partial charge in [0.25, 0.3) is 5.91 Å². The van der Waals surface area contributed by atoms with Crippen LogP contribution in [0.25, 0.3) is 0 Å². The van der Waals surface area contributed by atoms with E-state index in [9.17, 15) is 19.8 Å². The van der Waals surface area contributed by atoms with Gasteiger partial charge in [-0.1, -0.05) is 11.6 Å². The molecule has 0 aliphatic carbocycles. The third-order valence-electron chi connectivity index (χ3n) is 4.89. The molecule has 2 N–H and O–H groups in total. The molecule has 2 aliphatic heterocycles. The second-order valence-corrected chi connectivity index (χ2v) is 7.67. The van der Waals surface area contributed by atoms with Crippen LogP contribution in [0, 0.1) is 0 Å². The SMILES string of the molecule is CC(C)(O)C(=O)N1CCc2cc(Cl)cc(C3COCCN3C(=O)O)c2C1. The highest BCUT2D eigenvalue weighted by Crippen LogP contribution is 2.35. The summed E-state index contributed by atoms with van der Waals surface area (Å²) < 4.78 is 5.51. The van der Waals surface area contributed by atoms with Crippen molar-refractivity contribution in [3.63, 3.8) is 0 Å². The molecule has 1 unspecified atom stereocenters. The maximum Gasteiger partial charge on any atom is 0.407 e. The predicted octanol–water partition coefficient (Wildman–Crippen LogP) is 2.05. The topological polar surface area (TPSA) is 90.3 Å². The number of hydrogen-bond donors (Lipinski definition) is 2. The molecule has 1 aromatic carbocycles. The molecule has 26 heavy (non-hydrogen) atoms. The van der Waals surface area contributed by atoms with Gasteiger partial charge in [0.15, 0.2) is 0 Å². The number of morpholine rings is 1. The van der Waals surface area contributed by atoms with Crippen LogP contribution in [0.1, 0.15) is 36.6 Å². The van der Waals surface area contributed by atoms with Gasteiger partial charge in [-0.05, 0) is 49.1 Å². The molecule has 8 heteroatoms. The van der Waals surface area contributed by atoms with Crippen LogP contribution in [0.5, 0.6) is 0 Å². The highest BCUT2D eigenvalue weighted by atomic mass is 35.5. The molecule has 1 saturated heterocycles. The minimum Gasteiger partial charge on any atom is -0.465 e. The summed E-state index contributed by atoms with van der Waals surface area (Å²) in [4.78, 5) is 27.1. The number of carbonyl (C=O) groups is 2. The van der Waals surface area contributed by atoms with E-state index in [-0.39, 0.29) is 19.1 Å². The predicted molar refractivity (Wildman–Crippen MR) is 95.2 cm³/mol. The number of amides is 2. The molecule has 0 radical (unpaired) electrons. The van der Waals surface area contributed by atoms with Crippen molar-refractivity contribution < 1.29 is 24.5 Å². The molecule has 7 nitrogen and oxygen atoms in total. The second kappa shape index (κ2) is 7.06. The Kier molecular flexibility index (Phi) is 5.14. The molecule has 0 aromatic heterocycles. The Morgan fingerprint density at radius 1 is 1.31 bits per heavy atom. The van der Waals surface area contributed by atoms with Gasteiger partial charge in [-0.2, -0.15) is 0 Å². The number of fused-ring (bicyclic) bond motifs is 1. The maximum absolute atomic E-state index is 12.5. The van der Waals surface area contributed by atoms with Gasteiger partial charge in [-0.15, -0.1) is 0 Å². The van der Waals surface area contributed by atoms with E-state index in [1.54, 1.807) is 11.0 Å². The number of ether oxygens (including phenoxy) is 1. The standard InChI is InChI=1S/C18H23ClN2O5/c1-18(2,25)16(22)20-4-3-11-7-12(19)8-13(14(11)9-20)15-10-26-6-5-21(15)17(23)24/h7-8,15,25H,3-6,9-10H2,1-2H3,(H,23,24). The summed E-state index contributed by atoms with van der Waals surface area (Å²) in [5.41, 5.74) is 1.21. The zero-order valence-electron chi connectivity index (χ0n) is 14.9. The molecule has 3 rings (SSSR count). The number of hydrogen-bond acceptors (Lipinski definition) is 4. The number of rotatable bonds is 2. The van der Waals surface area contributed by atoms with Gasteiger partial charge in [-0.3, -0.25) is 9.69 Å². The molecule has 1 aromatic rings. The quantitative estimate of drug-likeness (QED) is 0.817. The highest BCUT2D eigenvalue weighted by Gasteiger charge is 2.35. The third-order valence-corrected chi connectivity index (χ3v) is 5.10. The van der Waals surface area contributed by atoms with Gasteiger partial charge >= 0.3 is 6.09 Å². The number of nitrogens with zero attached hydrogens (tertiary/aromatic N) is 2. The fraction of sp³-hybridized carbons (Fsp3) is 0.556. The van der Waals surface area contributed by atoms with E-state index >= 15 is 0 Å². The minimum absolute atomic E-state index is 0.249. The van der Waals surface area contributed by atoms with E-state index in [4.69, 9.17) is 16.3 Å². The lowest BCUT2D eigenvalue weighted by Gasteiger charge is -2.38. The van der Waals surface area contributed by atoms with Crippen molar-refractivity contribution in [2.75, 3.05) is 26.3 Å². The average molecular weight is 383 g/mol. The molecule has 0 bridgehead atoms. The van der Waals surface area contributed by atoms with Crippen LogP contribution in [0.2, 0.25) is 5.02 Å². The number of carbonyl (C=O) groups excluding carboxylic acids is 1. The molecular formula is C18H23ClN2O5. The molecule has 2 heterocycles. The lowest BCUT2D eigenvalue weighted by Crippen LogP contribution is -2.48. The summed E-state index contributed by atoms with van der Waals surface area (Å²) in [7, 11) is 0. The Labute approximate surface area is 157 Å². The van der Waals surface area contributed by atoms with Crippen molar-refractivity contribution in [3.05, 3.63) is 33.8 Å². The Hall–Kier alpha value is -1.83. The normalized spacial score (nSPS) is 20.7. The smallest absolute Gasteiger partial charge is 0.407 e. The van der Waals surface area contributed by atoms with Gasteiger partial charge in [0, 0.05) is 24.7 Å². The van der Waals surface area contributed by atoms with Crippen LogP contribution in [-0.4, -0.2) is 63.9 Å². The van der Waals surface area contributed by atoms with Crippen LogP contribution in [-0.2, 0) is 22.5 Å². The molecule has 142 valence electrons. The fourth-order valence-electron chi connectivity index (χ4n) is 3.61. The van der Waals surface area contributed by atoms with E-state index in [0.29, 0.717) is 31.1 Å². The molecule has 1 atom stereocenters. The lowest BCUT2D eigenvalue weighted by atomic mass is 9.90. The summed E-state index contributed by atoms with van der Waals surface area (Å²) in [6.45, 7) is 4.62. The van der Waals surface area contributed by atoms with Crippen LogP contribution < -0.4 is 0 Å². The van der Waals surface area contributed by atoms with Crippen molar-refractivity contribution in [3.8, 4) is 0 Å². The molecule has 0 spiro atoms. The van der Waals surface area contributed by atoms with Gasteiger partial charge in [0.2, 0.25) is 0 Å². The fourth-order valence-corrected chi connectivity index (χ4v) is 3.85. The first kappa shape index (κ1) is 18.9. The van der Waals surface area contributed by atoms with Crippen molar-refractivity contribution in [2.24, 2.45) is 0 Å². The largest absolute Gasteiger partial charge is 0.465 e. The summed E-state index contributed by atoms with van der Waals surface area (Å²) in [5, 5.41) is 20.1. The van der Waals surface area contributed by atoms with Crippen molar-refractivity contribution >= 4 is 23.6 Å². The summed E-state index contributed by atoms with van der Waals surface area (Å²) in [6.07, 6.45) is -0.405. The van der Waals surface area contributed by atoms with E-state index in [2.05, 4.69) is 0 Å². The Bertz CT molecular complexity index is 731. The van der Waals surface area contributed by atoms with E-state index in [1.165, 1.54) is 18.7 Å². The maximum atomic E-state index is 12.5. The Morgan fingerprint density at radius 2 is 2.04 bits per heavy atom. The van der Waals surface area contributed by atoms with Gasteiger partial charge in [0.1, 0.15) is 5.60 Å². The first-order valence-electron chi connectivity index (χ1n) is 8.58. The van der Waals surface area contributed by atoms with Gasteiger partial charge in [0.05, 0.1) is 19.3 Å². The van der Waals surface area contributed by atoms with Crippen LogP contribution in [0.4, 0.5) is 4.79 Å². The first-order chi connectivity index (χ1) is 12.2. The zero-order chi connectivity index (χ0) is 19.1. The van der Waals surface area contributed by atoms with Gasteiger partial charge < -0.3 is 19.8 Å². The van der Waals surface area contributed by atoms with Crippen LogP contribution >= 0.6 is 11.6 Å². The first-order valence-corrected chi connectivity index (χ1v) is 8.96. The molecular weight excluding hydrogens is 360 g/mol. The van der Waals surface area contributed by atoms with E-state index in [0.717, 1.165) is 16.7 Å². The van der Waals surface area contributed by atoms with Crippen molar-refractivity contribution in [2.45, 2.75) is 38.5 Å². The average Bonchev–Trinajstić information content (AvgIpc) is 2.59. The monoisotopic (exact) mass is 382 g/mol. The number of aliphatic hydroxyl groups is 1. The zero-order valence-corrected chi connectivity index (χ0v) is 15.6. The molecule has 0 saturated carbocycles. The number of halogens is 1. The van der Waals surface area contributed by atoms with Crippen LogP contribution in [0.15, 0.2) is 12.1 Å². The molecule has 1 fully saturated rings. The Balaban J connectivity index is 1.99. The summed E-state index contributed by atoms with van der Waals surface area (Å²) >= 11 is 6.27. The minimum atomic E-state index is -1.45. The van der Waals surface area contributed by atoms with E-state index in [1.807, 2.05) is 6.07 Å². The summed E-state index contributed by atoms with van der Waals surface area (Å²) in [5.74, 6) is -0.348. The Morgan fingerprint density at radius 3 is 2.69 bits per heavy atom. The number of carboxylic acid groups (broad SMARTS) is 1. The lowest BCUT2D eigenvalue weighted by molar-refractivity contribution is -0.148. The van der Waals surface area contributed by atoms with E-state index < -0.39 is 17.7 Å². The van der Waals surface area contributed by atoms with Crippen molar-refractivity contribution in [1.29, 1.82) is 0 Å². The van der Waals surface area contributed by atoms with Gasteiger partial charge in [-0.25, -0.2) is 4.79 Å². The molecule has 2 amide bonds. The molecule has 2 aliphatic rings. The second-order valence-electron chi connectivity index (χ2n) is 7.24. The van der Waals surface area contributed by atoms with Crippen LogP contribution in [0.3, 0.4) is 0 Å². The highest BCUT2D eigenvalue weighted by molar-refractivity contribution is 6.30. The van der Waals surface area contributed by atoms with Crippen molar-refractivity contribution in [1.82, 2.24) is 9.80 Å². The third kappa shape index (κ3) is 3.65. The number of benzene rings is 1.